The molecule has 0 unspecified atom stereocenters. The quantitative estimate of drug-likeness (QED) is 0.467. The average molecular weight is 435 g/mol. The molecule has 5 heteroatoms. The number of aromatic nitrogens is 1. The Balaban J connectivity index is 1.26. The van der Waals surface area contributed by atoms with Crippen LogP contribution in [-0.2, 0) is 29.0 Å². The largest absolute Gasteiger partial charge is 0.497 e. The molecular weight excluding hydrogens is 400 g/mol. The minimum Gasteiger partial charge on any atom is -0.497 e. The van der Waals surface area contributed by atoms with Gasteiger partial charge in [0.15, 0.2) is 5.79 Å². The van der Waals surface area contributed by atoms with Gasteiger partial charge in [-0.25, -0.2) is 0 Å². The first-order valence-corrected chi connectivity index (χ1v) is 11.9. The number of hydrogen-bond donors (Lipinski definition) is 0. The second kappa shape index (κ2) is 9.65. The number of rotatable bonds is 8. The van der Waals surface area contributed by atoms with Crippen molar-refractivity contribution in [3.8, 4) is 5.75 Å². The third kappa shape index (κ3) is 4.70. The number of likely N-dealkylation sites (tertiary alicyclic amines) is 1. The van der Waals surface area contributed by atoms with Crippen molar-refractivity contribution < 1.29 is 14.2 Å². The predicted molar refractivity (Wildman–Crippen MR) is 127 cm³/mol. The fourth-order valence-corrected chi connectivity index (χ4v) is 5.12. The third-order valence-electron chi connectivity index (χ3n) is 6.95. The van der Waals surface area contributed by atoms with Crippen LogP contribution in [0.4, 0.5) is 0 Å². The Morgan fingerprint density at radius 3 is 2.50 bits per heavy atom. The topological polar surface area (TPSA) is 35.9 Å². The minimum absolute atomic E-state index is 0.309. The molecule has 0 radical (unpaired) electrons. The first-order chi connectivity index (χ1) is 15.7. The van der Waals surface area contributed by atoms with E-state index in [9.17, 15) is 0 Å². The Bertz CT molecular complexity index is 1010. The molecule has 2 aliphatic heterocycles. The Hall–Kier alpha value is -2.34. The van der Waals surface area contributed by atoms with Gasteiger partial charge in [-0.3, -0.25) is 4.90 Å². The van der Waals surface area contributed by atoms with E-state index in [0.29, 0.717) is 0 Å². The molecule has 0 N–H and O–H groups in total. The minimum atomic E-state index is -0.309. The van der Waals surface area contributed by atoms with Gasteiger partial charge in [0.2, 0.25) is 0 Å². The van der Waals surface area contributed by atoms with E-state index in [0.717, 1.165) is 70.8 Å². The first kappa shape index (κ1) is 21.5. The van der Waals surface area contributed by atoms with Crippen molar-refractivity contribution >= 4 is 10.9 Å². The Labute approximate surface area is 190 Å². The molecule has 5 nitrogen and oxygen atoms in total. The molecule has 1 aromatic heterocycles. The van der Waals surface area contributed by atoms with Crippen LogP contribution in [0.3, 0.4) is 0 Å². The SMILES string of the molecule is COc1ccc2c(CN3CCC4(CC3)OCCO4)cn(CCCCc3ccccc3)c2c1. The molecule has 2 fully saturated rings. The van der Waals surface area contributed by atoms with E-state index in [4.69, 9.17) is 14.2 Å². The van der Waals surface area contributed by atoms with Crippen LogP contribution in [0.25, 0.3) is 10.9 Å². The van der Waals surface area contributed by atoms with Crippen molar-refractivity contribution in [1.29, 1.82) is 0 Å². The molecule has 0 saturated carbocycles. The van der Waals surface area contributed by atoms with Gasteiger partial charge in [-0.1, -0.05) is 30.3 Å². The van der Waals surface area contributed by atoms with Crippen molar-refractivity contribution in [2.24, 2.45) is 0 Å². The normalized spacial score (nSPS) is 18.5. The van der Waals surface area contributed by atoms with Gasteiger partial charge >= 0.3 is 0 Å². The van der Waals surface area contributed by atoms with Crippen molar-refractivity contribution in [2.75, 3.05) is 33.4 Å². The van der Waals surface area contributed by atoms with Crippen LogP contribution >= 0.6 is 0 Å². The van der Waals surface area contributed by atoms with Gasteiger partial charge in [0.05, 0.1) is 25.8 Å². The Kier molecular flexibility index (Phi) is 6.49. The van der Waals surface area contributed by atoms with Gasteiger partial charge in [0, 0.05) is 56.7 Å². The van der Waals surface area contributed by atoms with Crippen molar-refractivity contribution in [3.63, 3.8) is 0 Å². The summed E-state index contributed by atoms with van der Waals surface area (Å²) in [5.41, 5.74) is 4.09. The van der Waals surface area contributed by atoms with Crippen LogP contribution in [0.15, 0.2) is 54.7 Å². The average Bonchev–Trinajstić information content (AvgIpc) is 3.43. The number of unbranched alkanes of at least 4 members (excludes halogenated alkanes) is 1. The molecule has 0 aliphatic carbocycles. The first-order valence-electron chi connectivity index (χ1n) is 11.9. The molecule has 3 heterocycles. The maximum atomic E-state index is 5.90. The highest BCUT2D eigenvalue weighted by atomic mass is 16.7. The second-order valence-corrected chi connectivity index (χ2v) is 9.06. The fourth-order valence-electron chi connectivity index (χ4n) is 5.12. The van der Waals surface area contributed by atoms with E-state index in [1.165, 1.54) is 28.5 Å². The zero-order valence-electron chi connectivity index (χ0n) is 19.1. The maximum absolute atomic E-state index is 5.90. The van der Waals surface area contributed by atoms with E-state index in [1.54, 1.807) is 7.11 Å². The summed E-state index contributed by atoms with van der Waals surface area (Å²) in [5.74, 6) is 0.611. The van der Waals surface area contributed by atoms with Gasteiger partial charge in [-0.05, 0) is 42.5 Å². The summed E-state index contributed by atoms with van der Waals surface area (Å²) in [6.07, 6.45) is 7.76. The molecule has 5 rings (SSSR count). The molecule has 0 amide bonds. The highest BCUT2D eigenvalue weighted by Gasteiger charge is 2.39. The summed E-state index contributed by atoms with van der Waals surface area (Å²) < 4.78 is 19.7. The zero-order chi connectivity index (χ0) is 21.8. The lowest BCUT2D eigenvalue weighted by Gasteiger charge is -2.37. The standard InChI is InChI=1S/C27H34N2O3/c1-30-24-10-11-25-23(20-28-15-12-27(13-16-28)31-17-18-32-27)21-29(26(25)19-24)14-6-5-9-22-7-3-2-4-8-22/h2-4,7-8,10-11,19,21H,5-6,9,12-18,20H2,1H3. The molecule has 170 valence electrons. The van der Waals surface area contributed by atoms with Gasteiger partial charge in [-0.2, -0.15) is 0 Å². The zero-order valence-corrected chi connectivity index (χ0v) is 19.1. The molecule has 2 aromatic carbocycles. The Morgan fingerprint density at radius 1 is 0.969 bits per heavy atom. The highest BCUT2D eigenvalue weighted by Crippen LogP contribution is 2.33. The third-order valence-corrected chi connectivity index (χ3v) is 6.95. The Morgan fingerprint density at radius 2 is 1.75 bits per heavy atom. The molecular formula is C27H34N2O3. The molecule has 3 aromatic rings. The maximum Gasteiger partial charge on any atom is 0.170 e. The number of fused-ring (bicyclic) bond motifs is 1. The van der Waals surface area contributed by atoms with E-state index >= 15 is 0 Å². The monoisotopic (exact) mass is 434 g/mol. The van der Waals surface area contributed by atoms with Gasteiger partial charge in [-0.15, -0.1) is 0 Å². The van der Waals surface area contributed by atoms with Gasteiger partial charge < -0.3 is 18.8 Å². The van der Waals surface area contributed by atoms with E-state index in [-0.39, 0.29) is 5.79 Å². The van der Waals surface area contributed by atoms with Crippen LogP contribution in [0.2, 0.25) is 0 Å². The number of hydrogen-bond acceptors (Lipinski definition) is 4. The molecule has 2 saturated heterocycles. The summed E-state index contributed by atoms with van der Waals surface area (Å²) >= 11 is 0. The summed E-state index contributed by atoms with van der Waals surface area (Å²) in [5, 5.41) is 1.34. The van der Waals surface area contributed by atoms with Gasteiger partial charge in [0.1, 0.15) is 5.75 Å². The lowest BCUT2D eigenvalue weighted by Crippen LogP contribution is -2.44. The van der Waals surface area contributed by atoms with Gasteiger partial charge in [0.25, 0.3) is 0 Å². The predicted octanol–water partition coefficient (Wildman–Crippen LogP) is 5.01. The lowest BCUT2D eigenvalue weighted by molar-refractivity contribution is -0.185. The smallest absolute Gasteiger partial charge is 0.170 e. The number of ether oxygens (including phenoxy) is 3. The number of benzene rings is 2. The van der Waals surface area contributed by atoms with Crippen molar-refractivity contribution in [1.82, 2.24) is 9.47 Å². The van der Waals surface area contributed by atoms with E-state index in [1.807, 2.05) is 0 Å². The summed E-state index contributed by atoms with van der Waals surface area (Å²) in [6.45, 7) is 5.50. The molecule has 32 heavy (non-hydrogen) atoms. The van der Waals surface area contributed by atoms with Crippen LogP contribution in [0.5, 0.6) is 5.75 Å². The summed E-state index contributed by atoms with van der Waals surface area (Å²) in [4.78, 5) is 2.54. The fraction of sp³-hybridized carbons (Fsp3) is 0.481. The highest BCUT2D eigenvalue weighted by molar-refractivity contribution is 5.85. The summed E-state index contributed by atoms with van der Waals surface area (Å²) in [6, 6.07) is 17.3. The van der Waals surface area contributed by atoms with Crippen LogP contribution < -0.4 is 4.74 Å². The molecule has 1 spiro atoms. The van der Waals surface area contributed by atoms with E-state index in [2.05, 4.69) is 64.2 Å². The molecule has 0 atom stereocenters. The van der Waals surface area contributed by atoms with Crippen LogP contribution in [-0.4, -0.2) is 48.7 Å². The lowest BCUT2D eigenvalue weighted by atomic mass is 10.0. The van der Waals surface area contributed by atoms with Crippen LogP contribution in [0, 0.1) is 0 Å². The van der Waals surface area contributed by atoms with Crippen LogP contribution in [0.1, 0.15) is 36.8 Å². The number of aryl methyl sites for hydroxylation is 2. The van der Waals surface area contributed by atoms with Crippen molar-refractivity contribution in [2.45, 2.75) is 51.0 Å². The number of methoxy groups -OCH3 is 1. The second-order valence-electron chi connectivity index (χ2n) is 9.06. The molecule has 0 bridgehead atoms. The summed E-state index contributed by atoms with van der Waals surface area (Å²) in [7, 11) is 1.74. The van der Waals surface area contributed by atoms with E-state index < -0.39 is 0 Å². The van der Waals surface area contributed by atoms with Crippen molar-refractivity contribution in [3.05, 3.63) is 65.9 Å². The number of nitrogens with zero attached hydrogens (tertiary/aromatic N) is 2. The molecule has 2 aliphatic rings. The number of piperidine rings is 1.